The van der Waals surface area contributed by atoms with E-state index in [9.17, 15) is 9.59 Å². The number of hydrogen-bond donors (Lipinski definition) is 2. The Hall–Kier alpha value is -1.10. The topological polar surface area (TPSA) is 61.4 Å². The Kier molecular flexibility index (Phi) is 4.20. The number of nitrogens with zero attached hydrogens (tertiary/aromatic N) is 1. The molecule has 5 nitrogen and oxygen atoms in total. The molecule has 2 atom stereocenters. The average molecular weight is 293 g/mol. The lowest BCUT2D eigenvalue weighted by Gasteiger charge is -2.44. The van der Waals surface area contributed by atoms with E-state index in [2.05, 4.69) is 17.6 Å². The van der Waals surface area contributed by atoms with Crippen LogP contribution in [0.3, 0.4) is 0 Å². The van der Waals surface area contributed by atoms with Gasteiger partial charge in [-0.05, 0) is 45.2 Å². The standard InChI is InChI=1S/C16H27N3O2/c1-2-5-16(6-8-17-9-7-16)15(21)19-10-3-4-12-13(19)11-18-14(12)20/h12-13,17H,2-11H2,1H3,(H,18,20). The van der Waals surface area contributed by atoms with Crippen LogP contribution >= 0.6 is 0 Å². The van der Waals surface area contributed by atoms with Crippen molar-refractivity contribution in [1.82, 2.24) is 15.5 Å². The SMILES string of the molecule is CCCC1(C(=O)N2CCCC3C(=O)NCC32)CCNCC1. The van der Waals surface area contributed by atoms with Crippen molar-refractivity contribution in [2.75, 3.05) is 26.2 Å². The van der Waals surface area contributed by atoms with Gasteiger partial charge in [-0.15, -0.1) is 0 Å². The Bertz CT molecular complexity index is 412. The van der Waals surface area contributed by atoms with Crippen LogP contribution in [0.15, 0.2) is 0 Å². The van der Waals surface area contributed by atoms with Crippen LogP contribution in [-0.2, 0) is 9.59 Å². The van der Waals surface area contributed by atoms with E-state index in [1.807, 2.05) is 4.90 Å². The molecule has 0 aromatic carbocycles. The second kappa shape index (κ2) is 5.95. The van der Waals surface area contributed by atoms with E-state index < -0.39 is 0 Å². The molecular formula is C16H27N3O2. The number of carbonyl (C=O) groups is 2. The molecule has 3 fully saturated rings. The summed E-state index contributed by atoms with van der Waals surface area (Å²) in [5.41, 5.74) is -0.187. The molecule has 0 aromatic heterocycles. The van der Waals surface area contributed by atoms with Crippen LogP contribution in [0.25, 0.3) is 0 Å². The molecule has 3 saturated heterocycles. The smallest absolute Gasteiger partial charge is 0.229 e. The first-order valence-corrected chi connectivity index (χ1v) is 8.47. The highest BCUT2D eigenvalue weighted by atomic mass is 16.2. The summed E-state index contributed by atoms with van der Waals surface area (Å²) in [5, 5.41) is 6.32. The van der Waals surface area contributed by atoms with E-state index in [1.54, 1.807) is 0 Å². The molecule has 2 unspecified atom stereocenters. The van der Waals surface area contributed by atoms with Crippen LogP contribution in [0.1, 0.15) is 45.4 Å². The first kappa shape index (κ1) is 14.8. The second-order valence-electron chi connectivity index (χ2n) is 6.84. The van der Waals surface area contributed by atoms with Crippen LogP contribution in [0.2, 0.25) is 0 Å². The Morgan fingerprint density at radius 2 is 2.14 bits per heavy atom. The molecule has 0 spiro atoms. The zero-order valence-corrected chi connectivity index (χ0v) is 13.0. The fraction of sp³-hybridized carbons (Fsp3) is 0.875. The highest BCUT2D eigenvalue weighted by Gasteiger charge is 2.48. The number of fused-ring (bicyclic) bond motifs is 1. The lowest BCUT2D eigenvalue weighted by atomic mass is 9.73. The Labute approximate surface area is 126 Å². The molecular weight excluding hydrogens is 266 g/mol. The summed E-state index contributed by atoms with van der Waals surface area (Å²) in [6.45, 7) is 5.51. The van der Waals surface area contributed by atoms with E-state index in [1.165, 1.54) is 0 Å². The third-order valence-corrected chi connectivity index (χ3v) is 5.60. The van der Waals surface area contributed by atoms with Crippen molar-refractivity contribution in [2.24, 2.45) is 11.3 Å². The van der Waals surface area contributed by atoms with Gasteiger partial charge in [-0.3, -0.25) is 9.59 Å². The summed E-state index contributed by atoms with van der Waals surface area (Å²) < 4.78 is 0. The van der Waals surface area contributed by atoms with Gasteiger partial charge in [0.1, 0.15) is 0 Å². The minimum absolute atomic E-state index is 0.0306. The third-order valence-electron chi connectivity index (χ3n) is 5.60. The van der Waals surface area contributed by atoms with Gasteiger partial charge in [0.2, 0.25) is 11.8 Å². The first-order valence-electron chi connectivity index (χ1n) is 8.47. The van der Waals surface area contributed by atoms with Crippen molar-refractivity contribution in [3.8, 4) is 0 Å². The zero-order valence-electron chi connectivity index (χ0n) is 13.0. The maximum absolute atomic E-state index is 13.3. The van der Waals surface area contributed by atoms with Gasteiger partial charge in [0.25, 0.3) is 0 Å². The van der Waals surface area contributed by atoms with Crippen molar-refractivity contribution in [2.45, 2.75) is 51.5 Å². The summed E-state index contributed by atoms with van der Waals surface area (Å²) in [6, 6.07) is 0.0994. The number of likely N-dealkylation sites (tertiary alicyclic amines) is 1. The Morgan fingerprint density at radius 3 is 2.86 bits per heavy atom. The number of amides is 2. The third kappa shape index (κ3) is 2.56. The number of piperidine rings is 2. The summed E-state index contributed by atoms with van der Waals surface area (Å²) in [5.74, 6) is 0.493. The number of nitrogens with one attached hydrogen (secondary N) is 2. The van der Waals surface area contributed by atoms with Gasteiger partial charge in [-0.2, -0.15) is 0 Å². The average Bonchev–Trinajstić information content (AvgIpc) is 2.89. The lowest BCUT2D eigenvalue weighted by molar-refractivity contribution is -0.149. The van der Waals surface area contributed by atoms with Crippen LogP contribution in [-0.4, -0.2) is 48.9 Å². The summed E-state index contributed by atoms with van der Waals surface area (Å²) in [4.78, 5) is 27.2. The minimum atomic E-state index is -0.187. The number of carbonyl (C=O) groups excluding carboxylic acids is 2. The fourth-order valence-electron chi connectivity index (χ4n) is 4.46. The second-order valence-corrected chi connectivity index (χ2v) is 6.84. The van der Waals surface area contributed by atoms with Gasteiger partial charge >= 0.3 is 0 Å². The lowest BCUT2D eigenvalue weighted by Crippen LogP contribution is -2.56. The highest BCUT2D eigenvalue weighted by Crippen LogP contribution is 2.39. The van der Waals surface area contributed by atoms with Gasteiger partial charge in [-0.25, -0.2) is 0 Å². The van der Waals surface area contributed by atoms with Gasteiger partial charge in [0.15, 0.2) is 0 Å². The number of hydrogen-bond acceptors (Lipinski definition) is 3. The van der Waals surface area contributed by atoms with Crippen LogP contribution in [0.4, 0.5) is 0 Å². The molecule has 3 heterocycles. The minimum Gasteiger partial charge on any atom is -0.354 e. The first-order chi connectivity index (χ1) is 10.2. The fourth-order valence-corrected chi connectivity index (χ4v) is 4.46. The monoisotopic (exact) mass is 293 g/mol. The molecule has 5 heteroatoms. The molecule has 21 heavy (non-hydrogen) atoms. The normalized spacial score (nSPS) is 31.7. The largest absolute Gasteiger partial charge is 0.354 e. The maximum Gasteiger partial charge on any atom is 0.229 e. The highest BCUT2D eigenvalue weighted by molar-refractivity contribution is 5.87. The molecule has 0 saturated carbocycles. The van der Waals surface area contributed by atoms with Crippen molar-refractivity contribution < 1.29 is 9.59 Å². The van der Waals surface area contributed by atoms with Gasteiger partial charge < -0.3 is 15.5 Å². The number of rotatable bonds is 3. The summed E-state index contributed by atoms with van der Waals surface area (Å²) >= 11 is 0. The predicted molar refractivity (Wildman–Crippen MR) is 80.7 cm³/mol. The predicted octanol–water partition coefficient (Wildman–Crippen LogP) is 0.893. The molecule has 3 aliphatic heterocycles. The van der Waals surface area contributed by atoms with Gasteiger partial charge in [-0.1, -0.05) is 13.3 Å². The van der Waals surface area contributed by atoms with Gasteiger partial charge in [0.05, 0.1) is 17.4 Å². The maximum atomic E-state index is 13.3. The molecule has 2 amide bonds. The summed E-state index contributed by atoms with van der Waals surface area (Å²) in [6.07, 6.45) is 5.79. The molecule has 2 N–H and O–H groups in total. The van der Waals surface area contributed by atoms with Crippen LogP contribution in [0.5, 0.6) is 0 Å². The van der Waals surface area contributed by atoms with E-state index in [0.717, 1.165) is 58.2 Å². The molecule has 0 bridgehead atoms. The molecule has 0 radical (unpaired) electrons. The van der Waals surface area contributed by atoms with Crippen LogP contribution < -0.4 is 10.6 Å². The van der Waals surface area contributed by atoms with Crippen molar-refractivity contribution in [3.63, 3.8) is 0 Å². The Morgan fingerprint density at radius 1 is 1.38 bits per heavy atom. The molecule has 0 aliphatic carbocycles. The molecule has 0 aromatic rings. The van der Waals surface area contributed by atoms with E-state index >= 15 is 0 Å². The quantitative estimate of drug-likeness (QED) is 0.812. The van der Waals surface area contributed by atoms with E-state index in [4.69, 9.17) is 0 Å². The van der Waals surface area contributed by atoms with Crippen molar-refractivity contribution in [1.29, 1.82) is 0 Å². The summed E-state index contributed by atoms with van der Waals surface area (Å²) in [7, 11) is 0. The van der Waals surface area contributed by atoms with Crippen LogP contribution in [0, 0.1) is 11.3 Å². The molecule has 118 valence electrons. The van der Waals surface area contributed by atoms with E-state index in [-0.39, 0.29) is 23.3 Å². The van der Waals surface area contributed by atoms with Crippen molar-refractivity contribution >= 4 is 11.8 Å². The van der Waals surface area contributed by atoms with Crippen molar-refractivity contribution in [3.05, 3.63) is 0 Å². The molecule has 3 rings (SSSR count). The zero-order chi connectivity index (χ0) is 14.9. The molecule has 3 aliphatic rings. The van der Waals surface area contributed by atoms with Gasteiger partial charge in [0, 0.05) is 13.1 Å². The Balaban J connectivity index is 1.80. The van der Waals surface area contributed by atoms with E-state index in [0.29, 0.717) is 12.5 Å².